The van der Waals surface area contributed by atoms with Crippen molar-refractivity contribution in [2.24, 2.45) is 4.99 Å². The molecule has 39 heavy (non-hydrogen) atoms. The Kier molecular flexibility index (Phi) is 9.01. The molecule has 0 spiro atoms. The maximum absolute atomic E-state index is 12.6. The summed E-state index contributed by atoms with van der Waals surface area (Å²) in [4.78, 5) is 41.1. The summed E-state index contributed by atoms with van der Waals surface area (Å²) < 4.78 is 5.59. The molecule has 0 aromatic heterocycles. The molecule has 0 aliphatic carbocycles. The highest BCUT2D eigenvalue weighted by Gasteiger charge is 2.22. The minimum absolute atomic E-state index is 0.0643. The van der Waals surface area contributed by atoms with Gasteiger partial charge in [0.1, 0.15) is 24.1 Å². The highest BCUT2D eigenvalue weighted by molar-refractivity contribution is 6.02. The van der Waals surface area contributed by atoms with Crippen molar-refractivity contribution in [3.05, 3.63) is 66.2 Å². The Morgan fingerprint density at radius 3 is 2.67 bits per heavy atom. The normalized spacial score (nSPS) is 13.4. The number of carbonyl (C=O) groups excluding carboxylic acids is 2. The van der Waals surface area contributed by atoms with Gasteiger partial charge in [-0.2, -0.15) is 0 Å². The summed E-state index contributed by atoms with van der Waals surface area (Å²) in [5.74, 6) is -1.28. The number of nitrogens with zero attached hydrogens (tertiary/aromatic N) is 1. The van der Waals surface area contributed by atoms with Crippen LogP contribution < -0.4 is 31.3 Å². The summed E-state index contributed by atoms with van der Waals surface area (Å²) in [6.07, 6.45) is 0.996. The Hall–Kier alpha value is -5.00. The number of carbonyl (C=O) groups is 3. The predicted octanol–water partition coefficient (Wildman–Crippen LogP) is 1.87. The van der Waals surface area contributed by atoms with Gasteiger partial charge in [-0.1, -0.05) is 36.4 Å². The number of phenols is 1. The van der Waals surface area contributed by atoms with Gasteiger partial charge in [0.05, 0.1) is 17.8 Å². The van der Waals surface area contributed by atoms with E-state index in [0.29, 0.717) is 24.6 Å². The van der Waals surface area contributed by atoms with E-state index in [4.69, 9.17) is 4.74 Å². The van der Waals surface area contributed by atoms with Crippen molar-refractivity contribution in [1.29, 1.82) is 0 Å². The topological polar surface area (TPSA) is 173 Å². The fourth-order valence-corrected chi connectivity index (χ4v) is 3.92. The highest BCUT2D eigenvalue weighted by Crippen LogP contribution is 2.24. The second kappa shape index (κ2) is 13.0. The molecule has 1 aliphatic heterocycles. The molecule has 12 heteroatoms. The zero-order valence-electron chi connectivity index (χ0n) is 21.1. The molecule has 0 saturated heterocycles. The predicted molar refractivity (Wildman–Crippen MR) is 146 cm³/mol. The van der Waals surface area contributed by atoms with E-state index < -0.39 is 30.5 Å². The van der Waals surface area contributed by atoms with Crippen LogP contribution in [-0.2, 0) is 4.79 Å². The monoisotopic (exact) mass is 534 g/mol. The van der Waals surface area contributed by atoms with Crippen molar-refractivity contribution in [2.45, 2.75) is 12.5 Å². The van der Waals surface area contributed by atoms with Crippen molar-refractivity contribution < 1.29 is 29.3 Å². The number of hydrogen-bond acceptors (Lipinski definition) is 8. The molecule has 3 aromatic rings. The lowest BCUT2D eigenvalue weighted by Crippen LogP contribution is -2.49. The molecule has 3 amide bonds. The summed E-state index contributed by atoms with van der Waals surface area (Å²) >= 11 is 0. The number of guanidine groups is 1. The van der Waals surface area contributed by atoms with E-state index in [1.807, 2.05) is 30.3 Å². The Morgan fingerprint density at radius 2 is 1.90 bits per heavy atom. The standard InChI is InChI=1S/C27H30N6O6/c34-23-15-18(39-14-13-30-26-28-11-4-12-29-26)9-10-20(23)24(35)31-16-22(25(36)37)33-27(38)32-21-8-3-6-17-5-1-2-7-19(17)21/h1-3,5-10,15,22,34H,4,11-14,16H2,(H,31,35)(H,36,37)(H2,28,29,30)(H2,32,33,38)/t22-/m0/s1. The summed E-state index contributed by atoms with van der Waals surface area (Å²) in [5, 5.41) is 35.2. The molecular formula is C27H30N6O6. The first-order chi connectivity index (χ1) is 18.9. The van der Waals surface area contributed by atoms with Crippen LogP contribution in [0, 0.1) is 0 Å². The van der Waals surface area contributed by atoms with Crippen molar-refractivity contribution in [3.63, 3.8) is 0 Å². The van der Waals surface area contributed by atoms with Gasteiger partial charge >= 0.3 is 12.0 Å². The largest absolute Gasteiger partial charge is 0.507 e. The number of benzene rings is 3. The fourth-order valence-electron chi connectivity index (χ4n) is 3.92. The minimum Gasteiger partial charge on any atom is -0.507 e. The van der Waals surface area contributed by atoms with E-state index in [9.17, 15) is 24.6 Å². The molecule has 204 valence electrons. The first-order valence-corrected chi connectivity index (χ1v) is 12.4. The van der Waals surface area contributed by atoms with E-state index in [1.165, 1.54) is 18.2 Å². The van der Waals surface area contributed by atoms with Crippen LogP contribution in [0.3, 0.4) is 0 Å². The van der Waals surface area contributed by atoms with Crippen LogP contribution in [0.1, 0.15) is 16.8 Å². The molecule has 0 bridgehead atoms. The zero-order chi connectivity index (χ0) is 27.6. The van der Waals surface area contributed by atoms with E-state index in [-0.39, 0.29) is 11.3 Å². The van der Waals surface area contributed by atoms with Gasteiger partial charge in [0, 0.05) is 31.1 Å². The fraction of sp³-hybridized carbons (Fsp3) is 0.259. The number of amides is 3. The zero-order valence-corrected chi connectivity index (χ0v) is 21.1. The summed E-state index contributed by atoms with van der Waals surface area (Å²) in [5.41, 5.74) is 0.451. The molecule has 0 radical (unpaired) electrons. The van der Waals surface area contributed by atoms with Crippen molar-refractivity contribution in [1.82, 2.24) is 21.3 Å². The first kappa shape index (κ1) is 27.0. The number of anilines is 1. The van der Waals surface area contributed by atoms with Crippen LogP contribution in [0.25, 0.3) is 10.8 Å². The van der Waals surface area contributed by atoms with Crippen LogP contribution in [-0.4, -0.2) is 72.9 Å². The van der Waals surface area contributed by atoms with Gasteiger partial charge in [-0.25, -0.2) is 9.59 Å². The molecule has 0 unspecified atom stereocenters. The average molecular weight is 535 g/mol. The number of ether oxygens (including phenoxy) is 1. The third kappa shape index (κ3) is 7.51. The molecule has 3 aromatic carbocycles. The third-order valence-corrected chi connectivity index (χ3v) is 5.88. The maximum Gasteiger partial charge on any atom is 0.328 e. The van der Waals surface area contributed by atoms with Gasteiger partial charge in [-0.15, -0.1) is 0 Å². The lowest BCUT2D eigenvalue weighted by Gasteiger charge is -2.17. The summed E-state index contributed by atoms with van der Waals surface area (Å²) in [6, 6.07) is 14.9. The maximum atomic E-state index is 12.6. The van der Waals surface area contributed by atoms with Crippen molar-refractivity contribution in [3.8, 4) is 11.5 Å². The Bertz CT molecular complexity index is 1370. The molecule has 0 saturated carbocycles. The number of aliphatic carboxylic acids is 1. The molecule has 1 atom stereocenters. The van der Waals surface area contributed by atoms with Gasteiger partial charge in [-0.05, 0) is 30.0 Å². The van der Waals surface area contributed by atoms with Crippen LogP contribution in [0.5, 0.6) is 11.5 Å². The van der Waals surface area contributed by atoms with E-state index in [1.54, 1.807) is 12.1 Å². The Balaban J connectivity index is 1.27. The number of carboxylic acid groups (broad SMARTS) is 1. The van der Waals surface area contributed by atoms with Crippen LogP contribution >= 0.6 is 0 Å². The number of aromatic hydroxyl groups is 1. The lowest BCUT2D eigenvalue weighted by atomic mass is 10.1. The molecule has 1 aliphatic rings. The van der Waals surface area contributed by atoms with E-state index in [0.717, 1.165) is 36.2 Å². The van der Waals surface area contributed by atoms with Gasteiger partial charge in [0.15, 0.2) is 5.96 Å². The first-order valence-electron chi connectivity index (χ1n) is 12.4. The molecule has 1 heterocycles. The number of fused-ring (bicyclic) bond motifs is 1. The van der Waals surface area contributed by atoms with Gasteiger partial charge < -0.3 is 41.5 Å². The molecule has 4 rings (SSSR count). The minimum atomic E-state index is -1.41. The Morgan fingerprint density at radius 1 is 1.08 bits per heavy atom. The third-order valence-electron chi connectivity index (χ3n) is 5.88. The summed E-state index contributed by atoms with van der Waals surface area (Å²) in [7, 11) is 0. The molecule has 0 fully saturated rings. The van der Waals surface area contributed by atoms with Crippen LogP contribution in [0.4, 0.5) is 10.5 Å². The number of phenolic OH excluding ortho intramolecular Hbond substituents is 1. The summed E-state index contributed by atoms with van der Waals surface area (Å²) in [6.45, 7) is 2.03. The van der Waals surface area contributed by atoms with Gasteiger partial charge in [-0.3, -0.25) is 9.79 Å². The number of aliphatic imine (C=N–C) groups is 1. The SMILES string of the molecule is O=C(Nc1cccc2ccccc12)N[C@@H](CNC(=O)c1ccc(OCCNC2=NCCCN2)cc1O)C(=O)O. The smallest absolute Gasteiger partial charge is 0.328 e. The lowest BCUT2D eigenvalue weighted by molar-refractivity contribution is -0.138. The number of urea groups is 1. The second-order valence-electron chi connectivity index (χ2n) is 8.69. The number of rotatable bonds is 10. The Labute approximate surface area is 224 Å². The van der Waals surface area contributed by atoms with Crippen LogP contribution in [0.2, 0.25) is 0 Å². The number of carboxylic acids is 1. The van der Waals surface area contributed by atoms with E-state index >= 15 is 0 Å². The molecule has 7 N–H and O–H groups in total. The second-order valence-corrected chi connectivity index (χ2v) is 8.69. The van der Waals surface area contributed by atoms with Gasteiger partial charge in [0.25, 0.3) is 5.91 Å². The van der Waals surface area contributed by atoms with Crippen LogP contribution in [0.15, 0.2) is 65.7 Å². The van der Waals surface area contributed by atoms with Crippen molar-refractivity contribution in [2.75, 3.05) is 38.1 Å². The van der Waals surface area contributed by atoms with Gasteiger partial charge in [0.2, 0.25) is 0 Å². The number of hydrogen-bond donors (Lipinski definition) is 7. The quantitative estimate of drug-likeness (QED) is 0.193. The average Bonchev–Trinajstić information content (AvgIpc) is 2.94. The number of nitrogens with one attached hydrogen (secondary N) is 5. The molecule has 12 nitrogen and oxygen atoms in total. The van der Waals surface area contributed by atoms with E-state index in [2.05, 4.69) is 31.6 Å². The highest BCUT2D eigenvalue weighted by atomic mass is 16.5. The van der Waals surface area contributed by atoms with Crippen molar-refractivity contribution >= 4 is 40.3 Å². The molecular weight excluding hydrogens is 504 g/mol.